The maximum absolute atomic E-state index is 10.7. The van der Waals surface area contributed by atoms with Crippen LogP contribution in [0.25, 0.3) is 0 Å². The van der Waals surface area contributed by atoms with Crippen LogP contribution >= 0.6 is 0 Å². The zero-order valence-electron chi connectivity index (χ0n) is 9.39. The van der Waals surface area contributed by atoms with E-state index in [1.807, 2.05) is 0 Å². The normalized spacial score (nSPS) is 18.3. The van der Waals surface area contributed by atoms with E-state index in [4.69, 9.17) is 10.2 Å². The van der Waals surface area contributed by atoms with Crippen LogP contribution in [0.1, 0.15) is 38.5 Å². The summed E-state index contributed by atoms with van der Waals surface area (Å²) in [6, 6.07) is 0.120. The first-order valence-electron chi connectivity index (χ1n) is 5.77. The van der Waals surface area contributed by atoms with Crippen molar-refractivity contribution < 1.29 is 19.8 Å². The van der Waals surface area contributed by atoms with E-state index in [1.165, 1.54) is 12.8 Å². The number of carboxylic acid groups (broad SMARTS) is 2. The first-order chi connectivity index (χ1) is 7.59. The van der Waals surface area contributed by atoms with Crippen molar-refractivity contribution in [2.24, 2.45) is 0 Å². The highest BCUT2D eigenvalue weighted by Crippen LogP contribution is 2.21. The van der Waals surface area contributed by atoms with Gasteiger partial charge in [0.1, 0.15) is 0 Å². The van der Waals surface area contributed by atoms with E-state index in [9.17, 15) is 9.59 Å². The van der Waals surface area contributed by atoms with E-state index in [2.05, 4.69) is 0 Å². The maximum Gasteiger partial charge on any atom is 0.317 e. The molecule has 0 atom stereocenters. The summed E-state index contributed by atoms with van der Waals surface area (Å²) in [7, 11) is 0. The van der Waals surface area contributed by atoms with Crippen LogP contribution in [0.5, 0.6) is 0 Å². The smallest absolute Gasteiger partial charge is 0.317 e. The van der Waals surface area contributed by atoms with Gasteiger partial charge in [0, 0.05) is 6.04 Å². The zero-order chi connectivity index (χ0) is 12.0. The fourth-order valence-electron chi connectivity index (χ4n) is 2.28. The van der Waals surface area contributed by atoms with Gasteiger partial charge in [-0.1, -0.05) is 25.7 Å². The molecule has 5 heteroatoms. The minimum atomic E-state index is -0.953. The summed E-state index contributed by atoms with van der Waals surface area (Å²) in [5, 5.41) is 17.5. The second-order valence-corrected chi connectivity index (χ2v) is 4.34. The van der Waals surface area contributed by atoms with Crippen molar-refractivity contribution in [2.45, 2.75) is 44.6 Å². The van der Waals surface area contributed by atoms with Crippen LogP contribution in [-0.4, -0.2) is 46.2 Å². The van der Waals surface area contributed by atoms with Crippen molar-refractivity contribution in [2.75, 3.05) is 13.1 Å². The molecular formula is C11H19NO4. The van der Waals surface area contributed by atoms with Crippen LogP contribution in [-0.2, 0) is 9.59 Å². The fourth-order valence-corrected chi connectivity index (χ4v) is 2.28. The Hall–Kier alpha value is -1.10. The number of hydrogen-bond acceptors (Lipinski definition) is 3. The van der Waals surface area contributed by atoms with Gasteiger partial charge in [-0.2, -0.15) is 0 Å². The molecule has 0 aromatic heterocycles. The Morgan fingerprint density at radius 3 is 1.75 bits per heavy atom. The molecule has 0 heterocycles. The van der Waals surface area contributed by atoms with Crippen molar-refractivity contribution in [1.82, 2.24) is 4.90 Å². The summed E-state index contributed by atoms with van der Waals surface area (Å²) in [6.45, 7) is -0.339. The number of nitrogens with zero attached hydrogens (tertiary/aromatic N) is 1. The molecule has 1 fully saturated rings. The molecule has 1 aliphatic rings. The quantitative estimate of drug-likeness (QED) is 0.692. The maximum atomic E-state index is 10.7. The molecule has 5 nitrogen and oxygen atoms in total. The second-order valence-electron chi connectivity index (χ2n) is 4.34. The Labute approximate surface area is 95.1 Å². The molecule has 0 bridgehead atoms. The van der Waals surface area contributed by atoms with Gasteiger partial charge in [0.15, 0.2) is 0 Å². The third kappa shape index (κ3) is 4.61. The number of aliphatic carboxylic acids is 2. The highest BCUT2D eigenvalue weighted by atomic mass is 16.4. The average molecular weight is 229 g/mol. The average Bonchev–Trinajstić information content (AvgIpc) is 2.42. The predicted octanol–water partition coefficient (Wildman–Crippen LogP) is 1.18. The molecule has 0 aromatic carbocycles. The molecule has 1 rings (SSSR count). The lowest BCUT2D eigenvalue weighted by Crippen LogP contribution is -2.42. The molecule has 0 aromatic rings. The van der Waals surface area contributed by atoms with E-state index in [1.54, 1.807) is 4.90 Å². The van der Waals surface area contributed by atoms with E-state index in [-0.39, 0.29) is 19.1 Å². The van der Waals surface area contributed by atoms with Gasteiger partial charge in [0.05, 0.1) is 13.1 Å². The summed E-state index contributed by atoms with van der Waals surface area (Å²) in [4.78, 5) is 22.9. The minimum absolute atomic E-state index is 0.120. The van der Waals surface area contributed by atoms with Crippen LogP contribution in [0, 0.1) is 0 Å². The van der Waals surface area contributed by atoms with Gasteiger partial charge in [-0.15, -0.1) is 0 Å². The minimum Gasteiger partial charge on any atom is -0.480 e. The number of carboxylic acids is 2. The Morgan fingerprint density at radius 1 is 0.938 bits per heavy atom. The molecule has 1 saturated carbocycles. The lowest BCUT2D eigenvalue weighted by atomic mass is 10.1. The van der Waals surface area contributed by atoms with Crippen molar-refractivity contribution in [3.8, 4) is 0 Å². The SMILES string of the molecule is O=C(O)CN(CC(=O)O)C1CCCCCC1. The molecule has 0 aliphatic heterocycles. The summed E-state index contributed by atoms with van der Waals surface area (Å²) in [5.41, 5.74) is 0. The van der Waals surface area contributed by atoms with Gasteiger partial charge in [-0.25, -0.2) is 0 Å². The molecule has 0 spiro atoms. The number of carbonyl (C=O) groups is 2. The Kier molecular flexibility index (Phi) is 5.25. The van der Waals surface area contributed by atoms with Crippen molar-refractivity contribution in [1.29, 1.82) is 0 Å². The van der Waals surface area contributed by atoms with E-state index >= 15 is 0 Å². The van der Waals surface area contributed by atoms with Crippen LogP contribution in [0.3, 0.4) is 0 Å². The third-order valence-electron chi connectivity index (χ3n) is 3.02. The number of rotatable bonds is 5. The van der Waals surface area contributed by atoms with Gasteiger partial charge in [-0.05, 0) is 12.8 Å². The van der Waals surface area contributed by atoms with Crippen molar-refractivity contribution in [3.05, 3.63) is 0 Å². The molecule has 0 amide bonds. The first-order valence-corrected chi connectivity index (χ1v) is 5.77. The van der Waals surface area contributed by atoms with Gasteiger partial charge in [-0.3, -0.25) is 14.5 Å². The molecule has 1 aliphatic carbocycles. The molecule has 2 N–H and O–H groups in total. The summed E-state index contributed by atoms with van der Waals surface area (Å²) >= 11 is 0. The summed E-state index contributed by atoms with van der Waals surface area (Å²) in [6.07, 6.45) is 6.32. The topological polar surface area (TPSA) is 77.8 Å². The van der Waals surface area contributed by atoms with Gasteiger partial charge < -0.3 is 10.2 Å². The molecule has 16 heavy (non-hydrogen) atoms. The lowest BCUT2D eigenvalue weighted by molar-refractivity contribution is -0.143. The predicted molar refractivity (Wildman–Crippen MR) is 58.3 cm³/mol. The van der Waals surface area contributed by atoms with E-state index in [0.29, 0.717) is 0 Å². The number of hydrogen-bond donors (Lipinski definition) is 2. The third-order valence-corrected chi connectivity index (χ3v) is 3.02. The molecular weight excluding hydrogens is 210 g/mol. The largest absolute Gasteiger partial charge is 0.480 e. The van der Waals surface area contributed by atoms with Crippen LogP contribution < -0.4 is 0 Å². The second kappa shape index (κ2) is 6.48. The summed E-state index contributed by atoms with van der Waals surface area (Å²) in [5.74, 6) is -1.91. The Balaban J connectivity index is 2.57. The van der Waals surface area contributed by atoms with Crippen LogP contribution in [0.2, 0.25) is 0 Å². The van der Waals surface area contributed by atoms with Crippen molar-refractivity contribution >= 4 is 11.9 Å². The Bertz CT molecular complexity index is 230. The lowest BCUT2D eigenvalue weighted by Gasteiger charge is -2.27. The first kappa shape index (κ1) is 13.0. The van der Waals surface area contributed by atoms with E-state index < -0.39 is 11.9 Å². The standard InChI is InChI=1S/C11H19NO4/c13-10(14)7-12(8-11(15)16)9-5-3-1-2-4-6-9/h9H,1-8H2,(H,13,14)(H,15,16). The Morgan fingerprint density at radius 2 is 1.38 bits per heavy atom. The summed E-state index contributed by atoms with van der Waals surface area (Å²) < 4.78 is 0. The highest BCUT2D eigenvalue weighted by molar-refractivity contribution is 5.72. The fraction of sp³-hybridized carbons (Fsp3) is 0.818. The van der Waals surface area contributed by atoms with Crippen LogP contribution in [0.15, 0.2) is 0 Å². The van der Waals surface area contributed by atoms with E-state index in [0.717, 1.165) is 25.7 Å². The monoisotopic (exact) mass is 229 g/mol. The molecule has 0 unspecified atom stereocenters. The van der Waals surface area contributed by atoms with Gasteiger partial charge in [0.25, 0.3) is 0 Å². The van der Waals surface area contributed by atoms with Crippen LogP contribution in [0.4, 0.5) is 0 Å². The molecule has 0 radical (unpaired) electrons. The zero-order valence-corrected chi connectivity index (χ0v) is 9.39. The molecule has 92 valence electrons. The van der Waals surface area contributed by atoms with Crippen molar-refractivity contribution in [3.63, 3.8) is 0 Å². The highest BCUT2D eigenvalue weighted by Gasteiger charge is 2.23. The molecule has 0 saturated heterocycles. The van der Waals surface area contributed by atoms with Gasteiger partial charge >= 0.3 is 11.9 Å². The van der Waals surface area contributed by atoms with Gasteiger partial charge in [0.2, 0.25) is 0 Å².